The Morgan fingerprint density at radius 1 is 1.50 bits per heavy atom. The lowest BCUT2D eigenvalue weighted by molar-refractivity contribution is -0.123. The summed E-state index contributed by atoms with van der Waals surface area (Å²) in [5.74, 6) is 0.0268. The molecule has 0 bridgehead atoms. The van der Waals surface area contributed by atoms with Crippen molar-refractivity contribution in [1.82, 2.24) is 10.2 Å². The lowest BCUT2D eigenvalue weighted by atomic mass is 9.97. The predicted octanol–water partition coefficient (Wildman–Crippen LogP) is 0.467. The van der Waals surface area contributed by atoms with E-state index < -0.39 is 0 Å². The highest BCUT2D eigenvalue weighted by Gasteiger charge is 2.32. The minimum absolute atomic E-state index is 0.0268. The first-order chi connectivity index (χ1) is 7.70. The number of hydrogen-bond acceptors (Lipinski definition) is 3. The second-order valence-corrected chi connectivity index (χ2v) is 5.08. The van der Waals surface area contributed by atoms with Gasteiger partial charge in [-0.3, -0.25) is 4.79 Å². The van der Waals surface area contributed by atoms with Crippen LogP contribution in [0, 0.1) is 0 Å². The average molecular weight is 225 g/mol. The number of piperidine rings is 1. The lowest BCUT2D eigenvalue weighted by Gasteiger charge is -2.35. The topological polar surface area (TPSA) is 58.4 Å². The van der Waals surface area contributed by atoms with Crippen LogP contribution in [0.15, 0.2) is 0 Å². The fourth-order valence-electron chi connectivity index (χ4n) is 2.85. The summed E-state index contributed by atoms with van der Waals surface area (Å²) < 4.78 is 0. The highest BCUT2D eigenvalue weighted by Crippen LogP contribution is 2.26. The van der Waals surface area contributed by atoms with Crippen LogP contribution in [0.3, 0.4) is 0 Å². The Morgan fingerprint density at radius 3 is 3.06 bits per heavy atom. The normalized spacial score (nSPS) is 32.1. The maximum absolute atomic E-state index is 11.7. The van der Waals surface area contributed by atoms with E-state index in [1.54, 1.807) is 0 Å². The smallest absolute Gasteiger partial charge is 0.237 e. The molecule has 2 rings (SSSR count). The molecule has 2 fully saturated rings. The van der Waals surface area contributed by atoms with E-state index >= 15 is 0 Å². The van der Waals surface area contributed by atoms with E-state index in [9.17, 15) is 4.79 Å². The summed E-state index contributed by atoms with van der Waals surface area (Å²) in [6.07, 6.45) is 5.53. The monoisotopic (exact) mass is 225 g/mol. The number of carbonyl (C=O) groups excluding carboxylic acids is 1. The molecule has 3 atom stereocenters. The Bertz CT molecular complexity index is 257. The summed E-state index contributed by atoms with van der Waals surface area (Å²) in [4.78, 5) is 14.2. The maximum atomic E-state index is 11.7. The molecule has 2 unspecified atom stereocenters. The fraction of sp³-hybridized carbons (Fsp3) is 0.917. The van der Waals surface area contributed by atoms with Crippen molar-refractivity contribution in [3.05, 3.63) is 0 Å². The Balaban J connectivity index is 1.81. The van der Waals surface area contributed by atoms with Crippen LogP contribution in [0.2, 0.25) is 0 Å². The highest BCUT2D eigenvalue weighted by molar-refractivity contribution is 5.81. The molecule has 0 aliphatic carbocycles. The molecule has 92 valence electrons. The number of rotatable bonds is 3. The van der Waals surface area contributed by atoms with Gasteiger partial charge in [-0.2, -0.15) is 0 Å². The summed E-state index contributed by atoms with van der Waals surface area (Å²) in [6, 6.07) is 0.725. The van der Waals surface area contributed by atoms with Gasteiger partial charge in [0.25, 0.3) is 0 Å². The molecular weight excluding hydrogens is 202 g/mol. The van der Waals surface area contributed by atoms with E-state index in [4.69, 9.17) is 5.73 Å². The number of nitrogens with two attached hydrogens (primary N) is 1. The van der Waals surface area contributed by atoms with Gasteiger partial charge in [0, 0.05) is 18.6 Å². The van der Waals surface area contributed by atoms with Crippen LogP contribution in [0.25, 0.3) is 0 Å². The standard InChI is InChI=1S/C12H23N3O/c1-2-11(13)12(16)14-9-5-7-15-6-3-4-10(15)8-9/h9-11H,2-8,13H2,1H3,(H,14,16)/t9?,10?,11-/m1/s1. The highest BCUT2D eigenvalue weighted by atomic mass is 16.2. The Labute approximate surface area is 97.6 Å². The minimum Gasteiger partial charge on any atom is -0.352 e. The SMILES string of the molecule is CC[C@@H](N)C(=O)NC1CCN2CCCC2C1. The molecule has 2 saturated heterocycles. The van der Waals surface area contributed by atoms with Crippen LogP contribution in [-0.4, -0.2) is 42.0 Å². The third-order valence-corrected chi connectivity index (χ3v) is 3.94. The molecule has 2 heterocycles. The number of nitrogens with one attached hydrogen (secondary N) is 1. The molecule has 0 aromatic rings. The average Bonchev–Trinajstić information content (AvgIpc) is 2.75. The number of amides is 1. The van der Waals surface area contributed by atoms with Gasteiger partial charge in [0.15, 0.2) is 0 Å². The van der Waals surface area contributed by atoms with Crippen molar-refractivity contribution in [1.29, 1.82) is 0 Å². The van der Waals surface area contributed by atoms with Crippen LogP contribution in [0.1, 0.15) is 39.0 Å². The van der Waals surface area contributed by atoms with Gasteiger partial charge in [0.1, 0.15) is 0 Å². The summed E-state index contributed by atoms with van der Waals surface area (Å²) in [5.41, 5.74) is 5.72. The zero-order chi connectivity index (χ0) is 11.5. The largest absolute Gasteiger partial charge is 0.352 e. The second kappa shape index (κ2) is 5.15. The van der Waals surface area contributed by atoms with Gasteiger partial charge < -0.3 is 16.0 Å². The molecule has 2 aliphatic rings. The van der Waals surface area contributed by atoms with Crippen LogP contribution in [0.4, 0.5) is 0 Å². The van der Waals surface area contributed by atoms with Gasteiger partial charge in [-0.15, -0.1) is 0 Å². The van der Waals surface area contributed by atoms with Crippen LogP contribution >= 0.6 is 0 Å². The Kier molecular flexibility index (Phi) is 3.82. The van der Waals surface area contributed by atoms with E-state index in [0.717, 1.165) is 19.4 Å². The molecule has 3 N–H and O–H groups in total. The molecule has 0 radical (unpaired) electrons. The summed E-state index contributed by atoms with van der Waals surface area (Å²) >= 11 is 0. The van der Waals surface area contributed by atoms with E-state index in [2.05, 4.69) is 10.2 Å². The van der Waals surface area contributed by atoms with Crippen LogP contribution < -0.4 is 11.1 Å². The first-order valence-electron chi connectivity index (χ1n) is 6.50. The van der Waals surface area contributed by atoms with Crippen molar-refractivity contribution in [2.24, 2.45) is 5.73 Å². The van der Waals surface area contributed by atoms with Gasteiger partial charge in [-0.1, -0.05) is 6.92 Å². The van der Waals surface area contributed by atoms with Gasteiger partial charge >= 0.3 is 0 Å². The lowest BCUT2D eigenvalue weighted by Crippen LogP contribution is -2.51. The molecule has 0 spiro atoms. The summed E-state index contributed by atoms with van der Waals surface area (Å²) in [5, 5.41) is 3.09. The number of hydrogen-bond donors (Lipinski definition) is 2. The molecule has 16 heavy (non-hydrogen) atoms. The molecule has 4 heteroatoms. The first-order valence-corrected chi connectivity index (χ1v) is 6.50. The molecule has 0 aromatic heterocycles. The molecular formula is C12H23N3O. The number of fused-ring (bicyclic) bond motifs is 1. The van der Waals surface area contributed by atoms with Crippen LogP contribution in [-0.2, 0) is 4.79 Å². The van der Waals surface area contributed by atoms with Gasteiger partial charge in [-0.05, 0) is 38.6 Å². The molecule has 0 saturated carbocycles. The van der Waals surface area contributed by atoms with Crippen molar-refractivity contribution in [2.75, 3.05) is 13.1 Å². The van der Waals surface area contributed by atoms with E-state index in [-0.39, 0.29) is 11.9 Å². The molecule has 2 aliphatic heterocycles. The zero-order valence-corrected chi connectivity index (χ0v) is 10.1. The fourth-order valence-corrected chi connectivity index (χ4v) is 2.85. The third kappa shape index (κ3) is 2.55. The summed E-state index contributed by atoms with van der Waals surface area (Å²) in [6.45, 7) is 4.33. The van der Waals surface area contributed by atoms with Gasteiger partial charge in [0.05, 0.1) is 6.04 Å². The predicted molar refractivity (Wildman–Crippen MR) is 64.0 cm³/mol. The van der Waals surface area contributed by atoms with Crippen molar-refractivity contribution >= 4 is 5.91 Å². The first kappa shape index (κ1) is 11.9. The van der Waals surface area contributed by atoms with Crippen molar-refractivity contribution < 1.29 is 4.79 Å². The molecule has 0 aromatic carbocycles. The number of carbonyl (C=O) groups is 1. The quantitative estimate of drug-likeness (QED) is 0.734. The Morgan fingerprint density at radius 2 is 2.31 bits per heavy atom. The maximum Gasteiger partial charge on any atom is 0.237 e. The van der Waals surface area contributed by atoms with E-state index in [1.807, 2.05) is 6.92 Å². The molecule has 1 amide bonds. The molecule has 4 nitrogen and oxygen atoms in total. The van der Waals surface area contributed by atoms with Gasteiger partial charge in [-0.25, -0.2) is 0 Å². The van der Waals surface area contributed by atoms with Gasteiger partial charge in [0.2, 0.25) is 5.91 Å². The van der Waals surface area contributed by atoms with Crippen molar-refractivity contribution in [3.63, 3.8) is 0 Å². The number of nitrogens with zero attached hydrogens (tertiary/aromatic N) is 1. The zero-order valence-electron chi connectivity index (χ0n) is 10.1. The van der Waals surface area contributed by atoms with Crippen molar-refractivity contribution in [2.45, 2.75) is 57.2 Å². The van der Waals surface area contributed by atoms with E-state index in [0.29, 0.717) is 18.5 Å². The Hall–Kier alpha value is -0.610. The third-order valence-electron chi connectivity index (χ3n) is 3.94. The second-order valence-electron chi connectivity index (χ2n) is 5.08. The summed E-state index contributed by atoms with van der Waals surface area (Å²) in [7, 11) is 0. The van der Waals surface area contributed by atoms with Crippen molar-refractivity contribution in [3.8, 4) is 0 Å². The minimum atomic E-state index is -0.332. The van der Waals surface area contributed by atoms with E-state index in [1.165, 1.54) is 19.4 Å². The van der Waals surface area contributed by atoms with Crippen LogP contribution in [0.5, 0.6) is 0 Å².